The van der Waals surface area contributed by atoms with E-state index in [4.69, 9.17) is 16.6 Å². The maximum Gasteiger partial charge on any atom is 0.162 e. The molecule has 0 bridgehead atoms. The molecule has 0 aliphatic heterocycles. The van der Waals surface area contributed by atoms with Crippen LogP contribution in [-0.4, -0.2) is 38.0 Å². The number of hydrogen-bond acceptors (Lipinski definition) is 6. The molecule has 8 heteroatoms. The average Bonchev–Trinajstić information content (AvgIpc) is 3.19. The molecule has 28 heavy (non-hydrogen) atoms. The van der Waals surface area contributed by atoms with Crippen LogP contribution >= 0.6 is 11.6 Å². The predicted molar refractivity (Wildman–Crippen MR) is 114 cm³/mol. The van der Waals surface area contributed by atoms with Crippen LogP contribution in [0.4, 0.5) is 11.6 Å². The molecule has 0 spiro atoms. The van der Waals surface area contributed by atoms with Gasteiger partial charge >= 0.3 is 0 Å². The minimum atomic E-state index is -0.0405. The third-order valence-corrected chi connectivity index (χ3v) is 5.21. The van der Waals surface area contributed by atoms with Crippen LogP contribution in [0, 0.1) is 0 Å². The summed E-state index contributed by atoms with van der Waals surface area (Å²) < 4.78 is 0. The van der Waals surface area contributed by atoms with Crippen LogP contribution < -0.4 is 10.2 Å². The van der Waals surface area contributed by atoms with Crippen LogP contribution in [-0.2, 0) is 0 Å². The Hall–Kier alpha value is -2.93. The zero-order valence-electron chi connectivity index (χ0n) is 16.1. The van der Waals surface area contributed by atoms with Crippen molar-refractivity contribution in [2.75, 3.05) is 23.3 Å². The molecule has 144 valence electrons. The number of hydrogen-bond donors (Lipinski definition) is 2. The quantitative estimate of drug-likeness (QED) is 0.497. The molecule has 0 saturated heterocycles. The summed E-state index contributed by atoms with van der Waals surface area (Å²) in [5.41, 5.74) is 3.33. The first-order valence-electron chi connectivity index (χ1n) is 9.37. The molecule has 3 aromatic heterocycles. The Morgan fingerprint density at radius 3 is 2.75 bits per heavy atom. The van der Waals surface area contributed by atoms with Gasteiger partial charge in [0.15, 0.2) is 11.5 Å². The second-order valence-electron chi connectivity index (χ2n) is 6.57. The van der Waals surface area contributed by atoms with Crippen molar-refractivity contribution in [2.45, 2.75) is 26.8 Å². The molecule has 4 rings (SSSR count). The fourth-order valence-corrected chi connectivity index (χ4v) is 3.64. The summed E-state index contributed by atoms with van der Waals surface area (Å²) in [4.78, 5) is 23.1. The molecule has 3 heterocycles. The van der Waals surface area contributed by atoms with Gasteiger partial charge in [0.1, 0.15) is 17.7 Å². The van der Waals surface area contributed by atoms with Crippen LogP contribution in [0.5, 0.6) is 0 Å². The van der Waals surface area contributed by atoms with E-state index < -0.39 is 0 Å². The maximum atomic E-state index is 6.41. The minimum Gasteiger partial charge on any atom is -0.361 e. The van der Waals surface area contributed by atoms with Gasteiger partial charge in [-0.3, -0.25) is 0 Å². The first-order chi connectivity index (χ1) is 13.6. The number of aromatic amines is 1. The zero-order chi connectivity index (χ0) is 19.7. The number of pyridine rings is 1. The molecule has 0 aliphatic carbocycles. The molecule has 7 nitrogen and oxygen atoms in total. The number of nitrogens with one attached hydrogen (secondary N) is 2. The highest BCUT2D eigenvalue weighted by atomic mass is 35.5. The lowest BCUT2D eigenvalue weighted by molar-refractivity contribution is 0.806. The summed E-state index contributed by atoms with van der Waals surface area (Å²) in [6.45, 7) is 8.07. The van der Waals surface area contributed by atoms with Gasteiger partial charge in [-0.05, 0) is 32.9 Å². The molecule has 1 unspecified atom stereocenters. The summed E-state index contributed by atoms with van der Waals surface area (Å²) >= 11 is 6.41. The number of benzene rings is 1. The molecule has 1 aromatic carbocycles. The zero-order valence-corrected chi connectivity index (χ0v) is 16.8. The lowest BCUT2D eigenvalue weighted by atomic mass is 10.1. The second-order valence-corrected chi connectivity index (χ2v) is 6.98. The van der Waals surface area contributed by atoms with Crippen LogP contribution in [0.2, 0.25) is 5.02 Å². The Balaban J connectivity index is 1.81. The highest BCUT2D eigenvalue weighted by Gasteiger charge is 2.19. The van der Waals surface area contributed by atoms with E-state index in [0.29, 0.717) is 16.5 Å². The van der Waals surface area contributed by atoms with Crippen molar-refractivity contribution in [3.8, 4) is 0 Å². The lowest BCUT2D eigenvalue weighted by Gasteiger charge is -2.26. The van der Waals surface area contributed by atoms with E-state index in [1.807, 2.05) is 18.2 Å². The van der Waals surface area contributed by atoms with Crippen molar-refractivity contribution in [1.29, 1.82) is 0 Å². The van der Waals surface area contributed by atoms with Gasteiger partial charge in [-0.15, -0.1) is 0 Å². The number of halogens is 1. The van der Waals surface area contributed by atoms with E-state index in [9.17, 15) is 0 Å². The van der Waals surface area contributed by atoms with Crippen molar-refractivity contribution in [2.24, 2.45) is 0 Å². The number of aromatic nitrogens is 5. The monoisotopic (exact) mass is 395 g/mol. The number of para-hydroxylation sites is 1. The summed E-state index contributed by atoms with van der Waals surface area (Å²) in [6.07, 6.45) is 3.15. The van der Waals surface area contributed by atoms with Crippen molar-refractivity contribution in [3.63, 3.8) is 0 Å². The summed E-state index contributed by atoms with van der Waals surface area (Å²) in [6, 6.07) is 7.97. The van der Waals surface area contributed by atoms with Gasteiger partial charge < -0.3 is 15.2 Å². The molecule has 0 radical (unpaired) electrons. The van der Waals surface area contributed by atoms with E-state index in [1.54, 1.807) is 6.33 Å². The van der Waals surface area contributed by atoms with E-state index in [-0.39, 0.29) is 6.04 Å². The van der Waals surface area contributed by atoms with Gasteiger partial charge in [-0.2, -0.15) is 0 Å². The van der Waals surface area contributed by atoms with Crippen molar-refractivity contribution in [3.05, 3.63) is 47.5 Å². The normalized spacial score (nSPS) is 12.4. The molecule has 4 aromatic rings. The highest BCUT2D eigenvalue weighted by Crippen LogP contribution is 2.33. The van der Waals surface area contributed by atoms with Gasteiger partial charge in [0, 0.05) is 24.0 Å². The summed E-state index contributed by atoms with van der Waals surface area (Å²) in [5, 5.41) is 5.15. The molecule has 0 fully saturated rings. The van der Waals surface area contributed by atoms with Crippen molar-refractivity contribution in [1.82, 2.24) is 24.9 Å². The Morgan fingerprint density at radius 1 is 1.14 bits per heavy atom. The van der Waals surface area contributed by atoms with Crippen molar-refractivity contribution < 1.29 is 0 Å². The number of nitrogens with zero attached hydrogens (tertiary/aromatic N) is 5. The van der Waals surface area contributed by atoms with Crippen molar-refractivity contribution >= 4 is 45.3 Å². The predicted octanol–water partition coefficient (Wildman–Crippen LogP) is 4.57. The number of anilines is 2. The number of H-pyrrole nitrogens is 1. The highest BCUT2D eigenvalue weighted by molar-refractivity contribution is 6.35. The van der Waals surface area contributed by atoms with Crippen LogP contribution in [0.15, 0.2) is 36.9 Å². The Labute approximate surface area is 168 Å². The SMILES string of the molecule is CCN(CC)c1nc2c(Cl)cccc2cc1C(C)Nc1ncnc2[nH]cnc12. The smallest absolute Gasteiger partial charge is 0.162 e. The van der Waals surface area contributed by atoms with E-state index in [0.717, 1.165) is 40.9 Å². The minimum absolute atomic E-state index is 0.0405. The standard InChI is InChI=1S/C20H22ClN7/c1-4-28(5-2)20-14(9-13-7-6-8-15(21)16(13)27-20)12(3)26-19-17-18(23-10-22-17)24-11-25-19/h6-12H,4-5H2,1-3H3,(H2,22,23,24,25,26). The molecule has 2 N–H and O–H groups in total. The fourth-order valence-electron chi connectivity index (χ4n) is 3.42. The second kappa shape index (κ2) is 7.59. The summed E-state index contributed by atoms with van der Waals surface area (Å²) in [5.74, 6) is 1.62. The van der Waals surface area contributed by atoms with Gasteiger partial charge in [0.25, 0.3) is 0 Å². The lowest BCUT2D eigenvalue weighted by Crippen LogP contribution is -2.26. The molecule has 0 amide bonds. The maximum absolute atomic E-state index is 6.41. The first kappa shape index (κ1) is 18.4. The largest absolute Gasteiger partial charge is 0.361 e. The Kier molecular flexibility index (Phi) is 5.00. The Morgan fingerprint density at radius 2 is 1.96 bits per heavy atom. The average molecular weight is 396 g/mol. The van der Waals surface area contributed by atoms with Gasteiger partial charge in [0.05, 0.1) is 22.9 Å². The topological polar surface area (TPSA) is 82.6 Å². The number of rotatable bonds is 6. The summed E-state index contributed by atoms with van der Waals surface area (Å²) in [7, 11) is 0. The van der Waals surface area contributed by atoms with Gasteiger partial charge in [-0.25, -0.2) is 19.9 Å². The number of imidazole rings is 1. The molecular weight excluding hydrogens is 374 g/mol. The van der Waals surface area contributed by atoms with E-state index in [1.165, 1.54) is 6.33 Å². The van der Waals surface area contributed by atoms with Gasteiger partial charge in [-0.1, -0.05) is 23.7 Å². The third-order valence-electron chi connectivity index (χ3n) is 4.90. The molecule has 0 saturated carbocycles. The van der Waals surface area contributed by atoms with Crippen LogP contribution in [0.3, 0.4) is 0 Å². The van der Waals surface area contributed by atoms with Crippen LogP contribution in [0.1, 0.15) is 32.4 Å². The van der Waals surface area contributed by atoms with Crippen LogP contribution in [0.25, 0.3) is 22.1 Å². The van der Waals surface area contributed by atoms with Gasteiger partial charge in [0.2, 0.25) is 0 Å². The van der Waals surface area contributed by atoms with E-state index in [2.05, 4.69) is 57.0 Å². The number of fused-ring (bicyclic) bond motifs is 2. The van der Waals surface area contributed by atoms with E-state index >= 15 is 0 Å². The Bertz CT molecular complexity index is 1120. The third kappa shape index (κ3) is 3.22. The first-order valence-corrected chi connectivity index (χ1v) is 9.74. The molecular formula is C20H22ClN7. The fraction of sp³-hybridized carbons (Fsp3) is 0.300. The molecule has 0 aliphatic rings. The molecule has 1 atom stereocenters.